The quantitative estimate of drug-likeness (QED) is 0.206. The number of hydrogen-bond acceptors (Lipinski definition) is 2. The Balaban J connectivity index is 1.53. The lowest BCUT2D eigenvalue weighted by Crippen LogP contribution is -2.01. The molecule has 0 aliphatic carbocycles. The smallest absolute Gasteiger partial charge is 0.0908 e. The second-order valence-electron chi connectivity index (χ2n) is 11.8. The fourth-order valence-electron chi connectivity index (χ4n) is 7.52. The van der Waals surface area contributed by atoms with E-state index in [0.29, 0.717) is 0 Å². The van der Waals surface area contributed by atoms with Crippen molar-refractivity contribution in [2.24, 2.45) is 0 Å². The molecular formula is C42H26N4. The summed E-state index contributed by atoms with van der Waals surface area (Å²) in [5, 5.41) is 7.47. The number of fused-ring (bicyclic) bond motifs is 11. The Morgan fingerprint density at radius 3 is 1.52 bits per heavy atom. The maximum absolute atomic E-state index is 4.78. The number of benzene rings is 7. The van der Waals surface area contributed by atoms with E-state index in [4.69, 9.17) is 9.97 Å². The molecule has 0 saturated carbocycles. The van der Waals surface area contributed by atoms with Crippen molar-refractivity contribution in [3.8, 4) is 22.5 Å². The average molecular weight is 587 g/mol. The molecule has 10 rings (SSSR count). The molecule has 0 bridgehead atoms. The topological polar surface area (TPSA) is 35.6 Å². The third-order valence-electron chi connectivity index (χ3n) is 9.37. The summed E-state index contributed by atoms with van der Waals surface area (Å²) in [6.07, 6.45) is 3.55. The zero-order valence-electron chi connectivity index (χ0n) is 24.8. The molecule has 7 aromatic carbocycles. The van der Waals surface area contributed by atoms with E-state index in [9.17, 15) is 0 Å². The number of rotatable bonds is 3. The molecule has 0 fully saturated rings. The molecule has 0 N–H and O–H groups in total. The third kappa shape index (κ3) is 3.44. The maximum atomic E-state index is 4.78. The summed E-state index contributed by atoms with van der Waals surface area (Å²) in [5.41, 5.74) is 10.9. The molecule has 0 unspecified atom stereocenters. The molecule has 4 nitrogen and oxygen atoms in total. The molecule has 0 aliphatic heterocycles. The van der Waals surface area contributed by atoms with Gasteiger partial charge in [0.15, 0.2) is 0 Å². The highest BCUT2D eigenvalue weighted by Crippen LogP contribution is 2.47. The zero-order chi connectivity index (χ0) is 30.2. The van der Waals surface area contributed by atoms with E-state index in [1.165, 1.54) is 48.9 Å². The van der Waals surface area contributed by atoms with Gasteiger partial charge in [-0.3, -0.25) is 9.97 Å². The zero-order valence-corrected chi connectivity index (χ0v) is 24.8. The van der Waals surface area contributed by atoms with Crippen LogP contribution < -0.4 is 0 Å². The molecule has 0 atom stereocenters. The molecule has 0 saturated heterocycles. The monoisotopic (exact) mass is 586 g/mol. The molecule has 10 aromatic rings. The predicted molar refractivity (Wildman–Crippen MR) is 191 cm³/mol. The Morgan fingerprint density at radius 1 is 0.413 bits per heavy atom. The van der Waals surface area contributed by atoms with E-state index in [-0.39, 0.29) is 0 Å². The van der Waals surface area contributed by atoms with Crippen LogP contribution in [0, 0.1) is 0 Å². The highest BCUT2D eigenvalue weighted by molar-refractivity contribution is 6.36. The van der Waals surface area contributed by atoms with Crippen LogP contribution in [0.4, 0.5) is 0 Å². The Labute approximate surface area is 264 Å². The molecule has 0 radical (unpaired) electrons. The van der Waals surface area contributed by atoms with Crippen molar-refractivity contribution in [2.75, 3.05) is 0 Å². The molecule has 46 heavy (non-hydrogen) atoms. The minimum Gasteiger partial charge on any atom is -0.307 e. The van der Waals surface area contributed by atoms with E-state index in [0.717, 1.165) is 39.1 Å². The molecule has 4 heteroatoms. The van der Waals surface area contributed by atoms with Gasteiger partial charge < -0.3 is 9.13 Å². The van der Waals surface area contributed by atoms with Crippen molar-refractivity contribution in [1.29, 1.82) is 0 Å². The first kappa shape index (κ1) is 25.1. The SMILES string of the molecule is c1ccc(-c2cc3nccnc3cc2-n2c3ccccc3c3c4ccccc4c4c5ccccc5n(-c5ccccc5)c4c32)cc1. The highest BCUT2D eigenvalue weighted by atomic mass is 15.0. The van der Waals surface area contributed by atoms with E-state index in [2.05, 4.69) is 155 Å². The predicted octanol–water partition coefficient (Wildman–Crippen LogP) is 10.6. The van der Waals surface area contributed by atoms with Crippen molar-refractivity contribution >= 4 is 65.4 Å². The second kappa shape index (κ2) is 9.62. The lowest BCUT2D eigenvalue weighted by molar-refractivity contribution is 1.15. The first-order valence-corrected chi connectivity index (χ1v) is 15.6. The summed E-state index contributed by atoms with van der Waals surface area (Å²) in [6, 6.07) is 52.3. The van der Waals surface area contributed by atoms with Crippen molar-refractivity contribution < 1.29 is 0 Å². The summed E-state index contributed by atoms with van der Waals surface area (Å²) in [7, 11) is 0. The van der Waals surface area contributed by atoms with Crippen LogP contribution in [0.1, 0.15) is 0 Å². The van der Waals surface area contributed by atoms with Crippen molar-refractivity contribution in [1.82, 2.24) is 19.1 Å². The van der Waals surface area contributed by atoms with Gasteiger partial charge >= 0.3 is 0 Å². The number of hydrogen-bond donors (Lipinski definition) is 0. The number of para-hydroxylation sites is 3. The van der Waals surface area contributed by atoms with Gasteiger partial charge in [0.2, 0.25) is 0 Å². The fourth-order valence-corrected chi connectivity index (χ4v) is 7.52. The van der Waals surface area contributed by atoms with Crippen LogP contribution in [0.5, 0.6) is 0 Å². The van der Waals surface area contributed by atoms with Crippen LogP contribution in [-0.2, 0) is 0 Å². The maximum Gasteiger partial charge on any atom is 0.0908 e. The minimum absolute atomic E-state index is 0.865. The second-order valence-corrected chi connectivity index (χ2v) is 11.8. The van der Waals surface area contributed by atoms with Gasteiger partial charge in [0.1, 0.15) is 0 Å². The van der Waals surface area contributed by atoms with Crippen LogP contribution >= 0.6 is 0 Å². The Kier molecular flexibility index (Phi) is 5.25. The van der Waals surface area contributed by atoms with Gasteiger partial charge in [-0.1, -0.05) is 109 Å². The van der Waals surface area contributed by atoms with Crippen LogP contribution in [0.2, 0.25) is 0 Å². The molecule has 0 amide bonds. The molecule has 0 spiro atoms. The van der Waals surface area contributed by atoms with Gasteiger partial charge in [0.05, 0.1) is 38.8 Å². The van der Waals surface area contributed by atoms with Crippen LogP contribution in [0.25, 0.3) is 87.9 Å². The highest BCUT2D eigenvalue weighted by Gasteiger charge is 2.25. The van der Waals surface area contributed by atoms with Gasteiger partial charge in [-0.05, 0) is 52.7 Å². The molecular weight excluding hydrogens is 560 g/mol. The van der Waals surface area contributed by atoms with Gasteiger partial charge in [-0.25, -0.2) is 0 Å². The Morgan fingerprint density at radius 2 is 0.891 bits per heavy atom. The van der Waals surface area contributed by atoms with Gasteiger partial charge in [0, 0.05) is 45.2 Å². The van der Waals surface area contributed by atoms with E-state index >= 15 is 0 Å². The Hall–Kier alpha value is -6.26. The van der Waals surface area contributed by atoms with Crippen LogP contribution in [-0.4, -0.2) is 19.1 Å². The fraction of sp³-hybridized carbons (Fsp3) is 0. The number of nitrogens with zero attached hydrogens (tertiary/aromatic N) is 4. The summed E-state index contributed by atoms with van der Waals surface area (Å²) in [6.45, 7) is 0. The van der Waals surface area contributed by atoms with Crippen molar-refractivity contribution in [2.45, 2.75) is 0 Å². The molecule has 3 heterocycles. The first-order valence-electron chi connectivity index (χ1n) is 15.6. The summed E-state index contributed by atoms with van der Waals surface area (Å²) < 4.78 is 4.94. The minimum atomic E-state index is 0.865. The normalized spacial score (nSPS) is 11.9. The first-order chi connectivity index (χ1) is 22.9. The summed E-state index contributed by atoms with van der Waals surface area (Å²) >= 11 is 0. The van der Waals surface area contributed by atoms with E-state index < -0.39 is 0 Å². The van der Waals surface area contributed by atoms with Crippen molar-refractivity contribution in [3.63, 3.8) is 0 Å². The Bertz CT molecular complexity index is 2790. The number of aromatic nitrogens is 4. The lowest BCUT2D eigenvalue weighted by Gasteiger charge is -2.17. The van der Waals surface area contributed by atoms with E-state index in [1.807, 2.05) is 0 Å². The average Bonchev–Trinajstić information content (AvgIpc) is 3.66. The van der Waals surface area contributed by atoms with Gasteiger partial charge in [-0.2, -0.15) is 0 Å². The largest absolute Gasteiger partial charge is 0.307 e. The molecule has 214 valence electrons. The van der Waals surface area contributed by atoms with E-state index in [1.54, 1.807) is 12.4 Å². The van der Waals surface area contributed by atoms with Gasteiger partial charge in [0.25, 0.3) is 0 Å². The standard InChI is InChI=1S/C42H26N4/c1-3-13-27(14-4-1)33-25-34-35(44-24-23-43-34)26-38(33)46-37-22-12-10-20-32(37)40-30-18-8-7-17-29(30)39-31-19-9-11-21-36(31)45(41(39)42(40)46)28-15-5-2-6-16-28/h1-26H. The van der Waals surface area contributed by atoms with Crippen LogP contribution in [0.15, 0.2) is 158 Å². The molecule has 3 aromatic heterocycles. The van der Waals surface area contributed by atoms with Gasteiger partial charge in [-0.15, -0.1) is 0 Å². The lowest BCUT2D eigenvalue weighted by atomic mass is 9.98. The summed E-state index contributed by atoms with van der Waals surface area (Å²) in [4.78, 5) is 9.49. The summed E-state index contributed by atoms with van der Waals surface area (Å²) in [5.74, 6) is 0. The third-order valence-corrected chi connectivity index (χ3v) is 9.37. The van der Waals surface area contributed by atoms with Crippen molar-refractivity contribution in [3.05, 3.63) is 158 Å². The van der Waals surface area contributed by atoms with Crippen LogP contribution in [0.3, 0.4) is 0 Å². The molecule has 0 aliphatic rings.